The number of hydrogen-bond donors (Lipinski definition) is 2. The zero-order valence-corrected chi connectivity index (χ0v) is 11.3. The van der Waals surface area contributed by atoms with E-state index in [0.717, 1.165) is 22.2 Å². The zero-order valence-electron chi connectivity index (χ0n) is 11.3. The van der Waals surface area contributed by atoms with Gasteiger partial charge in [0.25, 0.3) is 0 Å². The first-order chi connectivity index (χ1) is 10.3. The Kier molecular flexibility index (Phi) is 2.64. The molecule has 2 amide bonds. The average molecular weight is 274 g/mol. The minimum Gasteiger partial charge on any atom is -0.327 e. The third kappa shape index (κ3) is 1.94. The lowest BCUT2D eigenvalue weighted by Gasteiger charge is -2.29. The molecule has 21 heavy (non-hydrogen) atoms. The highest BCUT2D eigenvalue weighted by Gasteiger charge is 2.26. The molecular formula is C18H14N2O. The molecule has 1 aliphatic heterocycles. The summed E-state index contributed by atoms with van der Waals surface area (Å²) in [5, 5.41) is 8.27. The molecule has 3 aromatic carbocycles. The number of carbonyl (C=O) groups excluding carboxylic acids is 1. The lowest BCUT2D eigenvalue weighted by molar-refractivity contribution is 0.249. The van der Waals surface area contributed by atoms with E-state index in [-0.39, 0.29) is 12.1 Å². The number of urea groups is 1. The summed E-state index contributed by atoms with van der Waals surface area (Å²) in [6.07, 6.45) is 0. The van der Waals surface area contributed by atoms with Crippen LogP contribution in [0, 0.1) is 0 Å². The van der Waals surface area contributed by atoms with Gasteiger partial charge in [-0.3, -0.25) is 0 Å². The molecule has 0 unspecified atom stereocenters. The Labute approximate surface area is 122 Å². The van der Waals surface area contributed by atoms with Crippen LogP contribution in [0.15, 0.2) is 66.7 Å². The Morgan fingerprint density at radius 2 is 1.57 bits per heavy atom. The number of carbonyl (C=O) groups is 1. The first kappa shape index (κ1) is 12.0. The second-order valence-corrected chi connectivity index (χ2v) is 5.19. The summed E-state index contributed by atoms with van der Waals surface area (Å²) >= 11 is 0. The third-order valence-corrected chi connectivity index (χ3v) is 3.92. The lowest BCUT2D eigenvalue weighted by Crippen LogP contribution is -2.38. The second-order valence-electron chi connectivity index (χ2n) is 5.19. The average Bonchev–Trinajstić information content (AvgIpc) is 2.54. The Balaban J connectivity index is 2.00. The van der Waals surface area contributed by atoms with Crippen molar-refractivity contribution in [3.8, 4) is 0 Å². The van der Waals surface area contributed by atoms with Gasteiger partial charge in [-0.25, -0.2) is 4.79 Å². The van der Waals surface area contributed by atoms with E-state index in [2.05, 4.69) is 22.8 Å². The normalized spacial score (nSPS) is 17.0. The van der Waals surface area contributed by atoms with Gasteiger partial charge in [0.2, 0.25) is 0 Å². The van der Waals surface area contributed by atoms with E-state index < -0.39 is 0 Å². The van der Waals surface area contributed by atoms with Crippen LogP contribution in [0.4, 0.5) is 10.5 Å². The van der Waals surface area contributed by atoms with Crippen molar-refractivity contribution in [2.75, 3.05) is 5.32 Å². The Morgan fingerprint density at radius 1 is 0.810 bits per heavy atom. The van der Waals surface area contributed by atoms with Crippen LogP contribution in [0.5, 0.6) is 0 Å². The van der Waals surface area contributed by atoms with Crippen molar-refractivity contribution in [1.82, 2.24) is 5.32 Å². The molecule has 0 radical (unpaired) electrons. The van der Waals surface area contributed by atoms with Crippen LogP contribution in [0.25, 0.3) is 10.8 Å². The molecule has 4 rings (SSSR count). The molecule has 0 bridgehead atoms. The molecule has 1 aliphatic rings. The van der Waals surface area contributed by atoms with E-state index in [9.17, 15) is 4.79 Å². The van der Waals surface area contributed by atoms with Gasteiger partial charge in [0.1, 0.15) is 0 Å². The van der Waals surface area contributed by atoms with Crippen LogP contribution in [0.2, 0.25) is 0 Å². The fourth-order valence-corrected chi connectivity index (χ4v) is 2.97. The topological polar surface area (TPSA) is 41.1 Å². The number of benzene rings is 3. The minimum absolute atomic E-state index is 0.124. The Bertz CT molecular complexity index is 827. The highest BCUT2D eigenvalue weighted by atomic mass is 16.2. The van der Waals surface area contributed by atoms with Crippen molar-refractivity contribution in [3.63, 3.8) is 0 Å². The second kappa shape index (κ2) is 4.63. The first-order valence-electron chi connectivity index (χ1n) is 6.97. The standard InChI is InChI=1S/C18H14N2O/c21-18-19-15-11-10-12-6-4-5-9-14(12)16(15)17(20-18)13-7-2-1-3-8-13/h1-11,17H,(H2,19,20,21)/t17-/m0/s1. The lowest BCUT2D eigenvalue weighted by atomic mass is 9.91. The van der Waals surface area contributed by atoms with Crippen LogP contribution < -0.4 is 10.6 Å². The summed E-state index contributed by atoms with van der Waals surface area (Å²) in [5.74, 6) is 0. The fraction of sp³-hybridized carbons (Fsp3) is 0.0556. The highest BCUT2D eigenvalue weighted by molar-refractivity contribution is 6.00. The highest BCUT2D eigenvalue weighted by Crippen LogP contribution is 2.37. The van der Waals surface area contributed by atoms with Crippen molar-refractivity contribution < 1.29 is 4.79 Å². The number of rotatable bonds is 1. The van der Waals surface area contributed by atoms with E-state index in [4.69, 9.17) is 0 Å². The molecule has 102 valence electrons. The van der Waals surface area contributed by atoms with Crippen molar-refractivity contribution in [2.24, 2.45) is 0 Å². The molecule has 0 aliphatic carbocycles. The predicted octanol–water partition coefficient (Wildman–Crippen LogP) is 4.06. The van der Waals surface area contributed by atoms with Crippen molar-refractivity contribution in [3.05, 3.63) is 77.9 Å². The summed E-state index contributed by atoms with van der Waals surface area (Å²) in [4.78, 5) is 11.9. The molecule has 0 spiro atoms. The summed E-state index contributed by atoms with van der Waals surface area (Å²) < 4.78 is 0. The fourth-order valence-electron chi connectivity index (χ4n) is 2.97. The maximum absolute atomic E-state index is 11.9. The van der Waals surface area contributed by atoms with Crippen molar-refractivity contribution in [1.29, 1.82) is 0 Å². The quantitative estimate of drug-likeness (QED) is 0.690. The van der Waals surface area contributed by atoms with Crippen LogP contribution in [0.1, 0.15) is 17.2 Å². The number of hydrogen-bond acceptors (Lipinski definition) is 1. The minimum atomic E-state index is -0.161. The number of fused-ring (bicyclic) bond motifs is 3. The molecule has 1 heterocycles. The van der Waals surface area contributed by atoms with Crippen LogP contribution in [-0.2, 0) is 0 Å². The Hall–Kier alpha value is -2.81. The number of anilines is 1. The SMILES string of the molecule is O=C1Nc2ccc3ccccc3c2[C@H](c2ccccc2)N1. The molecule has 3 nitrogen and oxygen atoms in total. The van der Waals surface area contributed by atoms with Gasteiger partial charge in [0.05, 0.1) is 6.04 Å². The molecule has 2 N–H and O–H groups in total. The van der Waals surface area contributed by atoms with Crippen molar-refractivity contribution >= 4 is 22.5 Å². The van der Waals surface area contributed by atoms with Crippen molar-refractivity contribution in [2.45, 2.75) is 6.04 Å². The summed E-state index contributed by atoms with van der Waals surface area (Å²) in [6.45, 7) is 0. The predicted molar refractivity (Wildman–Crippen MR) is 84.4 cm³/mol. The van der Waals surface area contributed by atoms with E-state index in [1.807, 2.05) is 54.6 Å². The summed E-state index contributed by atoms with van der Waals surface area (Å²) in [5.41, 5.74) is 3.09. The van der Waals surface area contributed by atoms with E-state index in [0.29, 0.717) is 0 Å². The summed E-state index contributed by atoms with van der Waals surface area (Å²) in [7, 11) is 0. The van der Waals surface area contributed by atoms with Crippen LogP contribution >= 0.6 is 0 Å². The van der Waals surface area contributed by atoms with Gasteiger partial charge >= 0.3 is 6.03 Å². The number of amides is 2. The molecule has 0 aromatic heterocycles. The zero-order chi connectivity index (χ0) is 14.2. The molecule has 0 saturated carbocycles. The monoisotopic (exact) mass is 274 g/mol. The molecule has 0 fully saturated rings. The summed E-state index contributed by atoms with van der Waals surface area (Å²) in [6, 6.07) is 22.0. The van der Waals surface area contributed by atoms with Gasteiger partial charge in [0.15, 0.2) is 0 Å². The van der Waals surface area contributed by atoms with E-state index in [1.54, 1.807) is 0 Å². The van der Waals surface area contributed by atoms with Gasteiger partial charge in [-0.05, 0) is 22.4 Å². The Morgan fingerprint density at radius 3 is 2.43 bits per heavy atom. The first-order valence-corrected chi connectivity index (χ1v) is 6.97. The number of nitrogens with one attached hydrogen (secondary N) is 2. The van der Waals surface area contributed by atoms with Gasteiger partial charge in [-0.1, -0.05) is 60.7 Å². The van der Waals surface area contributed by atoms with Crippen LogP contribution in [0.3, 0.4) is 0 Å². The third-order valence-electron chi connectivity index (χ3n) is 3.92. The van der Waals surface area contributed by atoms with Gasteiger partial charge in [-0.15, -0.1) is 0 Å². The molecule has 0 saturated heterocycles. The van der Waals surface area contributed by atoms with E-state index in [1.165, 1.54) is 5.39 Å². The smallest absolute Gasteiger partial charge is 0.320 e. The molecular weight excluding hydrogens is 260 g/mol. The maximum atomic E-state index is 11.9. The van der Waals surface area contributed by atoms with E-state index >= 15 is 0 Å². The maximum Gasteiger partial charge on any atom is 0.320 e. The molecule has 3 heteroatoms. The molecule has 3 aromatic rings. The van der Waals surface area contributed by atoms with Gasteiger partial charge in [-0.2, -0.15) is 0 Å². The van der Waals surface area contributed by atoms with Gasteiger partial charge in [0, 0.05) is 11.3 Å². The largest absolute Gasteiger partial charge is 0.327 e. The van der Waals surface area contributed by atoms with Crippen LogP contribution in [-0.4, -0.2) is 6.03 Å². The molecule has 1 atom stereocenters. The van der Waals surface area contributed by atoms with Gasteiger partial charge < -0.3 is 10.6 Å².